The van der Waals surface area contributed by atoms with Gasteiger partial charge in [-0.1, -0.05) is 50.2 Å². The highest BCUT2D eigenvalue weighted by molar-refractivity contribution is 5.83. The zero-order chi connectivity index (χ0) is 15.4. The zero-order valence-corrected chi connectivity index (χ0v) is 13.9. The first-order valence-electron chi connectivity index (χ1n) is 7.87. The summed E-state index contributed by atoms with van der Waals surface area (Å²) in [4.78, 5) is 2.31. The minimum atomic E-state index is 0.371. The van der Waals surface area contributed by atoms with Crippen LogP contribution in [0, 0.1) is 5.92 Å². The summed E-state index contributed by atoms with van der Waals surface area (Å²) < 4.78 is 0. The maximum atomic E-state index is 3.68. The molecular weight excluding hydrogens is 256 g/mol. The number of hydrogen-bond acceptors (Lipinski definition) is 2. The van der Waals surface area contributed by atoms with E-state index < -0.39 is 0 Å². The van der Waals surface area contributed by atoms with Gasteiger partial charge in [-0.05, 0) is 49.3 Å². The first-order valence-corrected chi connectivity index (χ1v) is 7.87. The lowest BCUT2D eigenvalue weighted by Crippen LogP contribution is -2.42. The summed E-state index contributed by atoms with van der Waals surface area (Å²) in [7, 11) is 4.32. The molecule has 2 unspecified atom stereocenters. The number of fused-ring (bicyclic) bond motifs is 1. The van der Waals surface area contributed by atoms with Crippen molar-refractivity contribution in [3.8, 4) is 0 Å². The van der Waals surface area contributed by atoms with Crippen LogP contribution in [0.3, 0.4) is 0 Å². The van der Waals surface area contributed by atoms with E-state index in [4.69, 9.17) is 0 Å². The van der Waals surface area contributed by atoms with Gasteiger partial charge in [-0.25, -0.2) is 0 Å². The van der Waals surface area contributed by atoms with E-state index in [9.17, 15) is 0 Å². The van der Waals surface area contributed by atoms with E-state index >= 15 is 0 Å². The van der Waals surface area contributed by atoms with Crippen LogP contribution in [0.25, 0.3) is 10.8 Å². The molecule has 21 heavy (non-hydrogen) atoms. The molecule has 0 aliphatic heterocycles. The van der Waals surface area contributed by atoms with Gasteiger partial charge >= 0.3 is 0 Å². The molecule has 2 heteroatoms. The largest absolute Gasteiger partial charge is 0.309 e. The highest BCUT2D eigenvalue weighted by Crippen LogP contribution is 2.20. The molecule has 0 spiro atoms. The van der Waals surface area contributed by atoms with Crippen LogP contribution in [0.1, 0.15) is 32.4 Å². The second-order valence-corrected chi connectivity index (χ2v) is 6.51. The van der Waals surface area contributed by atoms with Crippen molar-refractivity contribution in [2.45, 2.75) is 32.9 Å². The molecule has 0 radical (unpaired) electrons. The first-order chi connectivity index (χ1) is 9.99. The highest BCUT2D eigenvalue weighted by atomic mass is 15.1. The van der Waals surface area contributed by atoms with E-state index in [0.29, 0.717) is 18.0 Å². The van der Waals surface area contributed by atoms with Gasteiger partial charge in [-0.3, -0.25) is 0 Å². The summed E-state index contributed by atoms with van der Waals surface area (Å²) in [6.45, 7) is 7.83. The summed E-state index contributed by atoms with van der Waals surface area (Å²) in [5.41, 5.74) is 1.36. The molecule has 0 amide bonds. The van der Waals surface area contributed by atoms with Crippen LogP contribution in [0.2, 0.25) is 0 Å². The molecule has 0 heterocycles. The van der Waals surface area contributed by atoms with Gasteiger partial charge in [-0.15, -0.1) is 0 Å². The lowest BCUT2D eigenvalue weighted by molar-refractivity contribution is 0.220. The molecule has 0 aromatic heterocycles. The number of nitrogens with one attached hydrogen (secondary N) is 1. The number of likely N-dealkylation sites (N-methyl/N-ethyl adjacent to an activating group) is 1. The van der Waals surface area contributed by atoms with Crippen molar-refractivity contribution >= 4 is 10.8 Å². The molecule has 0 bridgehead atoms. The van der Waals surface area contributed by atoms with Crippen LogP contribution in [-0.2, 0) is 0 Å². The molecule has 2 aromatic rings. The van der Waals surface area contributed by atoms with E-state index in [-0.39, 0.29) is 0 Å². The van der Waals surface area contributed by atoms with Crippen molar-refractivity contribution in [2.75, 3.05) is 20.6 Å². The Balaban J connectivity index is 2.06. The molecule has 0 aliphatic carbocycles. The zero-order valence-electron chi connectivity index (χ0n) is 13.9. The van der Waals surface area contributed by atoms with Crippen LogP contribution in [-0.4, -0.2) is 31.6 Å². The number of hydrogen-bond donors (Lipinski definition) is 1. The maximum absolute atomic E-state index is 3.68. The van der Waals surface area contributed by atoms with E-state index in [1.165, 1.54) is 16.3 Å². The Kier molecular flexibility index (Phi) is 5.38. The molecule has 0 saturated carbocycles. The lowest BCUT2D eigenvalue weighted by Gasteiger charge is -2.29. The van der Waals surface area contributed by atoms with Gasteiger partial charge in [0.15, 0.2) is 0 Å². The average molecular weight is 284 g/mol. The quantitative estimate of drug-likeness (QED) is 0.860. The molecule has 2 rings (SSSR count). The topological polar surface area (TPSA) is 15.3 Å². The lowest BCUT2D eigenvalue weighted by atomic mass is 10.0. The SMILES string of the molecule is CC(NCC(C(C)C)N(C)C)c1ccc2ccccc2c1. The third kappa shape index (κ3) is 4.05. The van der Waals surface area contributed by atoms with Crippen molar-refractivity contribution in [1.29, 1.82) is 0 Å². The predicted molar refractivity (Wildman–Crippen MR) is 92.7 cm³/mol. The highest BCUT2D eigenvalue weighted by Gasteiger charge is 2.16. The van der Waals surface area contributed by atoms with Crippen molar-refractivity contribution in [3.05, 3.63) is 48.0 Å². The van der Waals surface area contributed by atoms with Crippen LogP contribution in [0.15, 0.2) is 42.5 Å². The summed E-state index contributed by atoms with van der Waals surface area (Å²) in [5.74, 6) is 0.649. The second-order valence-electron chi connectivity index (χ2n) is 6.51. The summed E-state index contributed by atoms with van der Waals surface area (Å²) >= 11 is 0. The molecule has 0 aliphatic rings. The summed E-state index contributed by atoms with van der Waals surface area (Å²) in [6.07, 6.45) is 0. The van der Waals surface area contributed by atoms with Crippen molar-refractivity contribution < 1.29 is 0 Å². The van der Waals surface area contributed by atoms with Gasteiger partial charge in [0.05, 0.1) is 0 Å². The second kappa shape index (κ2) is 7.06. The van der Waals surface area contributed by atoms with Crippen molar-refractivity contribution in [1.82, 2.24) is 10.2 Å². The van der Waals surface area contributed by atoms with Gasteiger partial charge in [0.2, 0.25) is 0 Å². The number of nitrogens with zero attached hydrogens (tertiary/aromatic N) is 1. The normalized spacial score (nSPS) is 14.8. The van der Waals surface area contributed by atoms with Crippen LogP contribution >= 0.6 is 0 Å². The van der Waals surface area contributed by atoms with Crippen molar-refractivity contribution in [3.63, 3.8) is 0 Å². The van der Waals surface area contributed by atoms with Gasteiger partial charge in [0.1, 0.15) is 0 Å². The van der Waals surface area contributed by atoms with Crippen LogP contribution in [0.5, 0.6) is 0 Å². The Morgan fingerprint density at radius 2 is 1.62 bits per heavy atom. The average Bonchev–Trinajstić information content (AvgIpc) is 2.46. The monoisotopic (exact) mass is 284 g/mol. The predicted octanol–water partition coefficient (Wildman–Crippen LogP) is 4.08. The first kappa shape index (κ1) is 16.0. The maximum Gasteiger partial charge on any atom is 0.0292 e. The molecule has 114 valence electrons. The van der Waals surface area contributed by atoms with E-state index in [1.54, 1.807) is 0 Å². The summed E-state index contributed by atoms with van der Waals surface area (Å²) in [5, 5.41) is 6.31. The molecule has 1 N–H and O–H groups in total. The third-order valence-corrected chi connectivity index (χ3v) is 4.34. The van der Waals surface area contributed by atoms with Gasteiger partial charge in [-0.2, -0.15) is 0 Å². The standard InChI is InChI=1S/C19H28N2/c1-14(2)19(21(4)5)13-20-15(3)17-11-10-16-8-6-7-9-18(16)12-17/h6-12,14-15,19-20H,13H2,1-5H3. The van der Waals surface area contributed by atoms with E-state index in [2.05, 4.69) is 87.5 Å². The minimum absolute atomic E-state index is 0.371. The fourth-order valence-corrected chi connectivity index (χ4v) is 2.91. The Labute approximate surface area is 129 Å². The summed E-state index contributed by atoms with van der Waals surface area (Å²) in [6, 6.07) is 16.2. The number of rotatable bonds is 6. The smallest absolute Gasteiger partial charge is 0.0292 e. The molecule has 0 saturated heterocycles. The Hall–Kier alpha value is -1.38. The fourth-order valence-electron chi connectivity index (χ4n) is 2.91. The molecular formula is C19H28N2. The van der Waals surface area contributed by atoms with Crippen LogP contribution < -0.4 is 5.32 Å². The Bertz CT molecular complexity index is 567. The van der Waals surface area contributed by atoms with E-state index in [0.717, 1.165) is 6.54 Å². The van der Waals surface area contributed by atoms with E-state index in [1.807, 2.05) is 0 Å². The minimum Gasteiger partial charge on any atom is -0.309 e. The Morgan fingerprint density at radius 1 is 0.952 bits per heavy atom. The fraction of sp³-hybridized carbons (Fsp3) is 0.474. The molecule has 2 aromatic carbocycles. The molecule has 2 nitrogen and oxygen atoms in total. The molecule has 2 atom stereocenters. The van der Waals surface area contributed by atoms with Gasteiger partial charge < -0.3 is 10.2 Å². The number of benzene rings is 2. The van der Waals surface area contributed by atoms with Gasteiger partial charge in [0.25, 0.3) is 0 Å². The van der Waals surface area contributed by atoms with Crippen molar-refractivity contribution in [2.24, 2.45) is 5.92 Å². The van der Waals surface area contributed by atoms with Gasteiger partial charge in [0, 0.05) is 18.6 Å². The van der Waals surface area contributed by atoms with Crippen LogP contribution in [0.4, 0.5) is 0 Å². The third-order valence-electron chi connectivity index (χ3n) is 4.34. The Morgan fingerprint density at radius 3 is 2.24 bits per heavy atom. The molecule has 0 fully saturated rings.